The first-order valence-corrected chi connectivity index (χ1v) is 3.98. The fraction of sp³-hybridized carbons (Fsp3) is 0.750. The lowest BCUT2D eigenvalue weighted by atomic mass is 10.4. The Morgan fingerprint density at radius 1 is 1.75 bits per heavy atom. The molecule has 0 rings (SSSR count). The third-order valence-electron chi connectivity index (χ3n) is 1.19. The average molecular weight is 173 g/mol. The number of rotatable bonds is 5. The van der Waals surface area contributed by atoms with Gasteiger partial charge in [0.2, 0.25) is 0 Å². The van der Waals surface area contributed by atoms with Crippen molar-refractivity contribution in [2.24, 2.45) is 4.99 Å². The normalized spacial score (nSPS) is 13.2. The zero-order chi connectivity index (χ0) is 9.40. The number of nitrogens with zero attached hydrogens (tertiary/aromatic N) is 1. The maximum atomic E-state index is 10.7. The second-order valence-electron chi connectivity index (χ2n) is 2.37. The maximum Gasteiger partial charge on any atom is 0.311 e. The summed E-state index contributed by atoms with van der Waals surface area (Å²) in [6.07, 6.45) is 1.65. The molecule has 0 heterocycles. The number of aliphatic hydroxyl groups excluding tert-OH is 1. The summed E-state index contributed by atoms with van der Waals surface area (Å²) in [5.41, 5.74) is 0. The highest BCUT2D eigenvalue weighted by Gasteiger charge is 1.98. The van der Waals surface area contributed by atoms with Crippen molar-refractivity contribution in [2.45, 2.75) is 26.3 Å². The summed E-state index contributed by atoms with van der Waals surface area (Å²) < 4.78 is 4.66. The fourth-order valence-corrected chi connectivity index (χ4v) is 0.574. The minimum atomic E-state index is -0.286. The van der Waals surface area contributed by atoms with Gasteiger partial charge < -0.3 is 9.84 Å². The average Bonchev–Trinajstić information content (AvgIpc) is 2.04. The van der Waals surface area contributed by atoms with E-state index < -0.39 is 0 Å². The van der Waals surface area contributed by atoms with E-state index in [0.717, 1.165) is 0 Å². The second kappa shape index (κ2) is 6.79. The van der Waals surface area contributed by atoms with Crippen molar-refractivity contribution in [3.8, 4) is 0 Å². The van der Waals surface area contributed by atoms with Crippen LogP contribution in [0.5, 0.6) is 0 Å². The Balaban J connectivity index is 3.52. The summed E-state index contributed by atoms with van der Waals surface area (Å²) in [6.45, 7) is 3.91. The van der Waals surface area contributed by atoms with E-state index in [0.29, 0.717) is 6.61 Å². The van der Waals surface area contributed by atoms with Gasteiger partial charge in [-0.25, -0.2) is 0 Å². The Hall–Kier alpha value is -0.900. The molecule has 0 spiro atoms. The molecule has 12 heavy (non-hydrogen) atoms. The van der Waals surface area contributed by atoms with E-state index in [1.165, 1.54) is 6.21 Å². The Morgan fingerprint density at radius 2 is 2.42 bits per heavy atom. The molecule has 0 saturated carbocycles. The van der Waals surface area contributed by atoms with Crippen LogP contribution >= 0.6 is 0 Å². The topological polar surface area (TPSA) is 58.9 Å². The molecule has 0 aromatic heterocycles. The number of esters is 1. The zero-order valence-corrected chi connectivity index (χ0v) is 7.49. The van der Waals surface area contributed by atoms with Crippen LogP contribution in [-0.2, 0) is 9.53 Å². The third-order valence-corrected chi connectivity index (χ3v) is 1.19. The van der Waals surface area contributed by atoms with Gasteiger partial charge in [-0.05, 0) is 13.8 Å². The van der Waals surface area contributed by atoms with Gasteiger partial charge in [-0.2, -0.15) is 0 Å². The first-order chi connectivity index (χ1) is 5.70. The molecule has 0 aliphatic carbocycles. The predicted molar refractivity (Wildman–Crippen MR) is 46.3 cm³/mol. The first-order valence-electron chi connectivity index (χ1n) is 3.98. The summed E-state index contributed by atoms with van der Waals surface area (Å²) in [6, 6.07) is -0.139. The van der Waals surface area contributed by atoms with E-state index in [2.05, 4.69) is 9.73 Å². The molecule has 0 aromatic rings. The molecule has 0 aliphatic rings. The highest BCUT2D eigenvalue weighted by atomic mass is 16.5. The van der Waals surface area contributed by atoms with E-state index in [1.807, 2.05) is 0 Å². The third kappa shape index (κ3) is 5.85. The molecule has 1 N–H and O–H groups in total. The van der Waals surface area contributed by atoms with Gasteiger partial charge in [-0.1, -0.05) is 0 Å². The van der Waals surface area contributed by atoms with Gasteiger partial charge in [0.15, 0.2) is 0 Å². The molecule has 0 amide bonds. The zero-order valence-electron chi connectivity index (χ0n) is 7.49. The van der Waals surface area contributed by atoms with Crippen LogP contribution < -0.4 is 0 Å². The molecular weight excluding hydrogens is 158 g/mol. The Labute approximate surface area is 72.3 Å². The van der Waals surface area contributed by atoms with Crippen molar-refractivity contribution in [3.63, 3.8) is 0 Å². The molecule has 0 aromatic carbocycles. The number of hydrogen-bond acceptors (Lipinski definition) is 4. The molecule has 0 aliphatic heterocycles. The Morgan fingerprint density at radius 3 is 2.92 bits per heavy atom. The maximum absolute atomic E-state index is 10.7. The van der Waals surface area contributed by atoms with Crippen LogP contribution in [0, 0.1) is 0 Å². The van der Waals surface area contributed by atoms with Crippen LogP contribution in [0.3, 0.4) is 0 Å². The number of aliphatic imine (C=N–C) groups is 1. The molecule has 70 valence electrons. The van der Waals surface area contributed by atoms with Crippen LogP contribution in [0.15, 0.2) is 4.99 Å². The van der Waals surface area contributed by atoms with Gasteiger partial charge in [0.25, 0.3) is 0 Å². The quantitative estimate of drug-likeness (QED) is 0.483. The van der Waals surface area contributed by atoms with Crippen LogP contribution in [0.4, 0.5) is 0 Å². The number of ether oxygens (including phenoxy) is 1. The molecule has 1 unspecified atom stereocenters. The number of hydrogen-bond donors (Lipinski definition) is 1. The van der Waals surface area contributed by atoms with Gasteiger partial charge in [-0.15, -0.1) is 0 Å². The van der Waals surface area contributed by atoms with E-state index in [1.54, 1.807) is 13.8 Å². The summed E-state index contributed by atoms with van der Waals surface area (Å²) in [5, 5.41) is 8.57. The first kappa shape index (κ1) is 11.1. The number of carbonyl (C=O) groups excluding carboxylic acids is 1. The number of carbonyl (C=O) groups is 1. The van der Waals surface area contributed by atoms with E-state index in [9.17, 15) is 4.79 Å². The summed E-state index contributed by atoms with van der Waals surface area (Å²) in [5.74, 6) is -0.286. The smallest absolute Gasteiger partial charge is 0.311 e. The second-order valence-corrected chi connectivity index (χ2v) is 2.37. The van der Waals surface area contributed by atoms with Crippen molar-refractivity contribution in [1.82, 2.24) is 0 Å². The van der Waals surface area contributed by atoms with Crippen molar-refractivity contribution < 1.29 is 14.6 Å². The summed E-state index contributed by atoms with van der Waals surface area (Å²) in [7, 11) is 0. The molecule has 0 saturated heterocycles. The van der Waals surface area contributed by atoms with E-state index in [-0.39, 0.29) is 25.0 Å². The molecule has 1 atom stereocenters. The van der Waals surface area contributed by atoms with Crippen LogP contribution in [0.2, 0.25) is 0 Å². The lowest BCUT2D eigenvalue weighted by Crippen LogP contribution is -2.07. The lowest BCUT2D eigenvalue weighted by Gasteiger charge is -1.99. The highest BCUT2D eigenvalue weighted by molar-refractivity contribution is 5.85. The molecule has 0 radical (unpaired) electrons. The highest BCUT2D eigenvalue weighted by Crippen LogP contribution is 1.88. The predicted octanol–water partition coefficient (Wildman–Crippen LogP) is 0.391. The minimum absolute atomic E-state index is 0.000669. The molecule has 0 fully saturated rings. The van der Waals surface area contributed by atoms with Crippen molar-refractivity contribution >= 4 is 12.2 Å². The van der Waals surface area contributed by atoms with Crippen molar-refractivity contribution in [2.75, 3.05) is 13.2 Å². The van der Waals surface area contributed by atoms with Gasteiger partial charge in [0.05, 0.1) is 25.7 Å². The van der Waals surface area contributed by atoms with Crippen LogP contribution in [-0.4, -0.2) is 36.5 Å². The minimum Gasteiger partial charge on any atom is -0.466 e. The fourth-order valence-electron chi connectivity index (χ4n) is 0.574. The molecule has 0 bridgehead atoms. The van der Waals surface area contributed by atoms with Crippen molar-refractivity contribution in [3.05, 3.63) is 0 Å². The van der Waals surface area contributed by atoms with Gasteiger partial charge in [0, 0.05) is 6.21 Å². The van der Waals surface area contributed by atoms with Gasteiger partial charge in [-0.3, -0.25) is 9.79 Å². The van der Waals surface area contributed by atoms with Gasteiger partial charge in [0.1, 0.15) is 0 Å². The molecular formula is C8H15NO3. The van der Waals surface area contributed by atoms with Crippen LogP contribution in [0.1, 0.15) is 20.3 Å². The van der Waals surface area contributed by atoms with Gasteiger partial charge >= 0.3 is 5.97 Å². The summed E-state index contributed by atoms with van der Waals surface area (Å²) >= 11 is 0. The molecule has 4 nitrogen and oxygen atoms in total. The van der Waals surface area contributed by atoms with Crippen LogP contribution in [0.25, 0.3) is 0 Å². The Kier molecular flexibility index (Phi) is 6.28. The van der Waals surface area contributed by atoms with E-state index >= 15 is 0 Å². The monoisotopic (exact) mass is 173 g/mol. The summed E-state index contributed by atoms with van der Waals surface area (Å²) in [4.78, 5) is 14.6. The molecule has 4 heteroatoms. The SMILES string of the molecule is CCOC(=O)CC=NC(C)CO. The largest absolute Gasteiger partial charge is 0.466 e. The van der Waals surface area contributed by atoms with Crippen molar-refractivity contribution in [1.29, 1.82) is 0 Å². The number of aliphatic hydroxyl groups is 1. The van der Waals surface area contributed by atoms with E-state index in [4.69, 9.17) is 5.11 Å². The Bertz CT molecular complexity index is 156. The lowest BCUT2D eigenvalue weighted by molar-refractivity contribution is -0.141. The standard InChI is InChI=1S/C8H15NO3/c1-3-12-8(11)4-5-9-7(2)6-10/h5,7,10H,3-4,6H2,1-2H3.